The first-order chi connectivity index (χ1) is 11.7. The Hall–Kier alpha value is -1.95. The number of carbonyl (C=O) groups excluding carboxylic acids is 2. The molecule has 1 aromatic heterocycles. The van der Waals surface area contributed by atoms with E-state index in [1.165, 1.54) is 4.90 Å². The zero-order valence-corrected chi connectivity index (χ0v) is 13.9. The van der Waals surface area contributed by atoms with E-state index in [2.05, 4.69) is 15.2 Å². The maximum absolute atomic E-state index is 12.9. The predicted octanol–water partition coefficient (Wildman–Crippen LogP) is 2.26. The van der Waals surface area contributed by atoms with Gasteiger partial charge in [-0.1, -0.05) is 25.3 Å². The van der Waals surface area contributed by atoms with Crippen molar-refractivity contribution in [3.05, 3.63) is 30.1 Å². The van der Waals surface area contributed by atoms with Gasteiger partial charge in [0.05, 0.1) is 6.67 Å². The fourth-order valence-electron chi connectivity index (χ4n) is 3.94. The number of imide groups is 1. The molecule has 1 saturated heterocycles. The quantitative estimate of drug-likeness (QED) is 0.842. The summed E-state index contributed by atoms with van der Waals surface area (Å²) < 4.78 is 0. The van der Waals surface area contributed by atoms with Crippen LogP contribution in [0.3, 0.4) is 0 Å². The molecule has 0 unspecified atom stereocenters. The Balaban J connectivity index is 1.48. The second kappa shape index (κ2) is 6.16. The molecule has 1 aromatic rings. The van der Waals surface area contributed by atoms with E-state index in [4.69, 9.17) is 0 Å². The molecule has 3 aliphatic rings. The molecule has 4 rings (SSSR count). The molecule has 0 bridgehead atoms. The number of amides is 3. The van der Waals surface area contributed by atoms with Crippen LogP contribution in [-0.4, -0.2) is 45.0 Å². The van der Waals surface area contributed by atoms with Crippen LogP contribution in [0, 0.1) is 0 Å². The number of pyridine rings is 1. The minimum Gasteiger partial charge on any atom is -0.323 e. The number of hydrogen-bond donors (Lipinski definition) is 1. The number of aromatic nitrogens is 1. The molecule has 2 saturated carbocycles. The molecule has 0 atom stereocenters. The van der Waals surface area contributed by atoms with Gasteiger partial charge in [0.15, 0.2) is 0 Å². The fraction of sp³-hybridized carbons (Fsp3) is 0.611. The van der Waals surface area contributed by atoms with Gasteiger partial charge >= 0.3 is 6.03 Å². The number of nitrogens with one attached hydrogen (secondary N) is 1. The van der Waals surface area contributed by atoms with Gasteiger partial charge in [0.2, 0.25) is 0 Å². The zero-order chi connectivity index (χ0) is 16.6. The summed E-state index contributed by atoms with van der Waals surface area (Å²) >= 11 is 0. The monoisotopic (exact) mass is 328 g/mol. The summed E-state index contributed by atoms with van der Waals surface area (Å²) in [7, 11) is 0. The highest BCUT2D eigenvalue weighted by atomic mass is 16.2. The van der Waals surface area contributed by atoms with Crippen LogP contribution in [0.1, 0.15) is 50.5 Å². The van der Waals surface area contributed by atoms with Crippen LogP contribution in [0.5, 0.6) is 0 Å². The van der Waals surface area contributed by atoms with Crippen LogP contribution in [-0.2, 0) is 11.3 Å². The van der Waals surface area contributed by atoms with Gasteiger partial charge in [0, 0.05) is 25.0 Å². The Labute approximate surface area is 142 Å². The smallest absolute Gasteiger partial charge is 0.323 e. The van der Waals surface area contributed by atoms with Crippen molar-refractivity contribution in [1.82, 2.24) is 20.1 Å². The molecule has 6 heteroatoms. The van der Waals surface area contributed by atoms with Gasteiger partial charge in [-0.25, -0.2) is 9.69 Å². The summed E-state index contributed by atoms with van der Waals surface area (Å²) in [4.78, 5) is 33.2. The van der Waals surface area contributed by atoms with Gasteiger partial charge in [-0.2, -0.15) is 0 Å². The Kier molecular flexibility index (Phi) is 4.00. The highest BCUT2D eigenvalue weighted by Gasteiger charge is 2.52. The molecule has 3 amide bonds. The number of nitrogens with zero attached hydrogens (tertiary/aromatic N) is 3. The van der Waals surface area contributed by atoms with Crippen molar-refractivity contribution in [1.29, 1.82) is 0 Å². The van der Waals surface area contributed by atoms with Gasteiger partial charge in [0.25, 0.3) is 5.91 Å². The van der Waals surface area contributed by atoms with Crippen molar-refractivity contribution >= 4 is 11.9 Å². The van der Waals surface area contributed by atoms with Crippen molar-refractivity contribution in [2.24, 2.45) is 0 Å². The van der Waals surface area contributed by atoms with Gasteiger partial charge in [0.1, 0.15) is 5.54 Å². The lowest BCUT2D eigenvalue weighted by Gasteiger charge is -2.31. The highest BCUT2D eigenvalue weighted by Crippen LogP contribution is 2.35. The number of carbonyl (C=O) groups is 2. The van der Waals surface area contributed by atoms with E-state index in [9.17, 15) is 9.59 Å². The van der Waals surface area contributed by atoms with Crippen molar-refractivity contribution in [3.8, 4) is 0 Å². The van der Waals surface area contributed by atoms with Crippen molar-refractivity contribution in [2.45, 2.75) is 63.1 Å². The lowest BCUT2D eigenvalue weighted by atomic mass is 9.82. The maximum Gasteiger partial charge on any atom is 0.326 e. The Morgan fingerprint density at radius 1 is 1.25 bits per heavy atom. The van der Waals surface area contributed by atoms with Crippen LogP contribution >= 0.6 is 0 Å². The summed E-state index contributed by atoms with van der Waals surface area (Å²) in [5, 5.41) is 3.00. The molecule has 6 nitrogen and oxygen atoms in total. The van der Waals surface area contributed by atoms with Gasteiger partial charge in [-0.15, -0.1) is 0 Å². The van der Waals surface area contributed by atoms with E-state index in [-0.39, 0.29) is 11.9 Å². The van der Waals surface area contributed by atoms with E-state index in [1.807, 2.05) is 18.3 Å². The molecule has 0 radical (unpaired) electrons. The third-order valence-electron chi connectivity index (χ3n) is 5.45. The predicted molar refractivity (Wildman–Crippen MR) is 88.9 cm³/mol. The normalized spacial score (nSPS) is 23.1. The minimum atomic E-state index is -0.626. The SMILES string of the molecule is O=C1NC2(CCCCC2)C(=O)N1CN(Cc1cccnc1)C1CC1. The summed E-state index contributed by atoms with van der Waals surface area (Å²) in [5.74, 6) is -0.0240. The first-order valence-corrected chi connectivity index (χ1v) is 8.95. The molecule has 1 N–H and O–H groups in total. The summed E-state index contributed by atoms with van der Waals surface area (Å²) in [6, 6.07) is 4.20. The van der Waals surface area contributed by atoms with Gasteiger partial charge in [-0.05, 0) is 37.3 Å². The maximum atomic E-state index is 12.9. The number of rotatable bonds is 5. The standard InChI is InChI=1S/C18H24N4O2/c23-16-18(8-2-1-3-9-18)20-17(24)22(16)13-21(15-6-7-15)12-14-5-4-10-19-11-14/h4-5,10-11,15H,1-3,6-9,12-13H2,(H,20,24). The molecule has 0 aromatic carbocycles. The molecule has 2 aliphatic carbocycles. The Bertz CT molecular complexity index is 623. The van der Waals surface area contributed by atoms with Crippen LogP contribution < -0.4 is 5.32 Å². The van der Waals surface area contributed by atoms with Crippen molar-refractivity contribution in [3.63, 3.8) is 0 Å². The van der Waals surface area contributed by atoms with Gasteiger partial charge in [-0.3, -0.25) is 14.7 Å². The molecule has 1 spiro atoms. The first kappa shape index (κ1) is 15.6. The molecule has 1 aliphatic heterocycles. The second-order valence-corrected chi connectivity index (χ2v) is 7.29. The topological polar surface area (TPSA) is 65.5 Å². The molecular weight excluding hydrogens is 304 g/mol. The van der Waals surface area contributed by atoms with Crippen LogP contribution in [0.2, 0.25) is 0 Å². The molecule has 128 valence electrons. The second-order valence-electron chi connectivity index (χ2n) is 7.29. The third kappa shape index (κ3) is 2.90. The zero-order valence-electron chi connectivity index (χ0n) is 13.9. The number of hydrogen-bond acceptors (Lipinski definition) is 4. The first-order valence-electron chi connectivity index (χ1n) is 8.95. The molecule has 2 heterocycles. The Morgan fingerprint density at radius 3 is 2.71 bits per heavy atom. The Morgan fingerprint density at radius 2 is 2.04 bits per heavy atom. The molecule has 3 fully saturated rings. The van der Waals surface area contributed by atoms with Crippen molar-refractivity contribution in [2.75, 3.05) is 6.67 Å². The highest BCUT2D eigenvalue weighted by molar-refractivity contribution is 6.07. The third-order valence-corrected chi connectivity index (χ3v) is 5.45. The summed E-state index contributed by atoms with van der Waals surface area (Å²) in [5.41, 5.74) is 0.489. The van der Waals surface area contributed by atoms with Crippen LogP contribution in [0.15, 0.2) is 24.5 Å². The van der Waals surface area contributed by atoms with E-state index in [1.54, 1.807) is 6.20 Å². The summed E-state index contributed by atoms with van der Waals surface area (Å²) in [6.45, 7) is 1.11. The summed E-state index contributed by atoms with van der Waals surface area (Å²) in [6.07, 6.45) is 10.6. The van der Waals surface area contributed by atoms with E-state index in [0.29, 0.717) is 12.7 Å². The van der Waals surface area contributed by atoms with Gasteiger partial charge < -0.3 is 5.32 Å². The fourth-order valence-corrected chi connectivity index (χ4v) is 3.94. The lowest BCUT2D eigenvalue weighted by Crippen LogP contribution is -2.49. The number of urea groups is 1. The van der Waals surface area contributed by atoms with E-state index >= 15 is 0 Å². The van der Waals surface area contributed by atoms with Crippen LogP contribution in [0.4, 0.5) is 4.79 Å². The minimum absolute atomic E-state index is 0.0240. The molecular formula is C18H24N4O2. The van der Waals surface area contributed by atoms with E-state index in [0.717, 1.165) is 57.1 Å². The average Bonchev–Trinajstić information content (AvgIpc) is 3.41. The lowest BCUT2D eigenvalue weighted by molar-refractivity contribution is -0.134. The van der Waals surface area contributed by atoms with Crippen molar-refractivity contribution < 1.29 is 9.59 Å². The van der Waals surface area contributed by atoms with Crippen LogP contribution in [0.25, 0.3) is 0 Å². The molecule has 24 heavy (non-hydrogen) atoms. The average molecular weight is 328 g/mol. The van der Waals surface area contributed by atoms with E-state index < -0.39 is 5.54 Å². The largest absolute Gasteiger partial charge is 0.326 e.